The zero-order chi connectivity index (χ0) is 11.5. The van der Waals surface area contributed by atoms with E-state index in [1.807, 2.05) is 24.4 Å². The first-order valence-corrected chi connectivity index (χ1v) is 5.35. The van der Waals surface area contributed by atoms with Gasteiger partial charge in [-0.15, -0.1) is 0 Å². The van der Waals surface area contributed by atoms with Crippen LogP contribution in [0.15, 0.2) is 30.6 Å². The van der Waals surface area contributed by atoms with Gasteiger partial charge in [-0.05, 0) is 30.5 Å². The molecule has 0 amide bonds. The summed E-state index contributed by atoms with van der Waals surface area (Å²) in [6.45, 7) is 3.68. The van der Waals surface area contributed by atoms with E-state index in [4.69, 9.17) is 0 Å². The molecule has 1 aromatic heterocycles. The highest BCUT2D eigenvalue weighted by molar-refractivity contribution is 5.95. The molecule has 0 radical (unpaired) electrons. The monoisotopic (exact) mass is 214 g/mol. The van der Waals surface area contributed by atoms with Crippen molar-refractivity contribution in [2.24, 2.45) is 0 Å². The summed E-state index contributed by atoms with van der Waals surface area (Å²) in [4.78, 5) is 11.3. The Hall–Kier alpha value is -1.90. The van der Waals surface area contributed by atoms with Crippen molar-refractivity contribution in [1.29, 1.82) is 0 Å². The molecule has 1 N–H and O–H groups in total. The summed E-state index contributed by atoms with van der Waals surface area (Å²) in [7, 11) is 0. The molecule has 0 atom stereocenters. The second kappa shape index (κ2) is 4.31. The van der Waals surface area contributed by atoms with Crippen molar-refractivity contribution in [1.82, 2.24) is 10.2 Å². The van der Waals surface area contributed by atoms with Gasteiger partial charge < -0.3 is 0 Å². The van der Waals surface area contributed by atoms with Gasteiger partial charge in [0.2, 0.25) is 0 Å². The minimum atomic E-state index is 0.105. The molecule has 82 valence electrons. The molecule has 0 aliphatic rings. The van der Waals surface area contributed by atoms with Crippen molar-refractivity contribution in [2.45, 2.75) is 20.3 Å². The van der Waals surface area contributed by atoms with E-state index in [0.29, 0.717) is 0 Å². The molecule has 1 heterocycles. The number of Topliss-reactive ketones (excluding diaryl/α,β-unsaturated/α-hetero) is 1. The molecule has 3 heteroatoms. The number of ketones is 1. The molecule has 0 aliphatic heterocycles. The molecule has 2 aromatic rings. The predicted molar refractivity (Wildman–Crippen MR) is 63.4 cm³/mol. The molecule has 0 unspecified atom stereocenters. The number of aromatic nitrogens is 2. The summed E-state index contributed by atoms with van der Waals surface area (Å²) in [5.74, 6) is 0.105. The van der Waals surface area contributed by atoms with E-state index in [1.54, 1.807) is 13.1 Å². The fraction of sp³-hybridized carbons (Fsp3) is 0.231. The zero-order valence-corrected chi connectivity index (χ0v) is 9.45. The molecule has 0 bridgehead atoms. The molecule has 16 heavy (non-hydrogen) atoms. The number of benzene rings is 1. The van der Waals surface area contributed by atoms with Crippen LogP contribution in [0.2, 0.25) is 0 Å². The molecule has 2 rings (SSSR count). The molecular weight excluding hydrogens is 200 g/mol. The Balaban J connectivity index is 2.51. The van der Waals surface area contributed by atoms with Crippen LogP contribution in [-0.4, -0.2) is 16.0 Å². The van der Waals surface area contributed by atoms with Gasteiger partial charge in [0, 0.05) is 17.3 Å². The molecular formula is C13H14N2O. The maximum absolute atomic E-state index is 11.3. The van der Waals surface area contributed by atoms with Crippen LogP contribution in [0.25, 0.3) is 11.1 Å². The third-order valence-corrected chi connectivity index (χ3v) is 2.70. The summed E-state index contributed by atoms with van der Waals surface area (Å²) in [5.41, 5.74) is 4.14. The predicted octanol–water partition coefficient (Wildman–Crippen LogP) is 2.84. The van der Waals surface area contributed by atoms with E-state index in [0.717, 1.165) is 23.1 Å². The molecule has 0 fully saturated rings. The first-order chi connectivity index (χ1) is 7.72. The number of nitrogens with one attached hydrogen (secondary N) is 1. The minimum Gasteiger partial charge on any atom is -0.295 e. The maximum atomic E-state index is 11.3. The minimum absolute atomic E-state index is 0.105. The first kappa shape index (κ1) is 10.6. The average Bonchev–Trinajstić information content (AvgIpc) is 2.81. The Kier molecular flexibility index (Phi) is 2.86. The lowest BCUT2D eigenvalue weighted by molar-refractivity contribution is 0.101. The van der Waals surface area contributed by atoms with Crippen LogP contribution < -0.4 is 0 Å². The fourth-order valence-electron chi connectivity index (χ4n) is 1.79. The van der Waals surface area contributed by atoms with Gasteiger partial charge in [-0.2, -0.15) is 5.10 Å². The quantitative estimate of drug-likeness (QED) is 0.798. The van der Waals surface area contributed by atoms with Crippen molar-refractivity contribution in [3.05, 3.63) is 41.7 Å². The highest BCUT2D eigenvalue weighted by Crippen LogP contribution is 2.24. The van der Waals surface area contributed by atoms with Crippen molar-refractivity contribution >= 4 is 5.78 Å². The lowest BCUT2D eigenvalue weighted by atomic mass is 9.97. The highest BCUT2D eigenvalue weighted by atomic mass is 16.1. The lowest BCUT2D eigenvalue weighted by Crippen LogP contribution is -1.95. The SMILES string of the molecule is CCc1cc(C(C)=O)ccc1-c1cn[nH]c1. The van der Waals surface area contributed by atoms with Crippen LogP contribution in [0.1, 0.15) is 29.8 Å². The number of carbonyl (C=O) groups excluding carboxylic acids is 1. The van der Waals surface area contributed by atoms with Crippen LogP contribution in [0.3, 0.4) is 0 Å². The fourth-order valence-corrected chi connectivity index (χ4v) is 1.79. The van der Waals surface area contributed by atoms with Gasteiger partial charge in [0.05, 0.1) is 6.20 Å². The summed E-state index contributed by atoms with van der Waals surface area (Å²) in [6, 6.07) is 5.81. The van der Waals surface area contributed by atoms with Crippen molar-refractivity contribution < 1.29 is 4.79 Å². The number of nitrogens with zero attached hydrogens (tertiary/aromatic N) is 1. The first-order valence-electron chi connectivity index (χ1n) is 5.35. The summed E-state index contributed by atoms with van der Waals surface area (Å²) in [6.07, 6.45) is 4.56. The van der Waals surface area contributed by atoms with Crippen LogP contribution in [0, 0.1) is 0 Å². The van der Waals surface area contributed by atoms with E-state index in [-0.39, 0.29) is 5.78 Å². The van der Waals surface area contributed by atoms with Crippen LogP contribution >= 0.6 is 0 Å². The molecule has 1 aromatic carbocycles. The number of aromatic amines is 1. The Morgan fingerprint density at radius 1 is 1.44 bits per heavy atom. The molecule has 0 saturated heterocycles. The lowest BCUT2D eigenvalue weighted by Gasteiger charge is -2.07. The van der Waals surface area contributed by atoms with Gasteiger partial charge in [0.25, 0.3) is 0 Å². The Morgan fingerprint density at radius 3 is 2.81 bits per heavy atom. The third-order valence-electron chi connectivity index (χ3n) is 2.70. The number of aryl methyl sites for hydroxylation is 1. The normalized spacial score (nSPS) is 10.4. The third kappa shape index (κ3) is 1.89. The van der Waals surface area contributed by atoms with Gasteiger partial charge in [0.1, 0.15) is 0 Å². The van der Waals surface area contributed by atoms with E-state index >= 15 is 0 Å². The molecule has 0 saturated carbocycles. The number of hydrogen-bond donors (Lipinski definition) is 1. The van der Waals surface area contributed by atoms with Crippen molar-refractivity contribution in [3.8, 4) is 11.1 Å². The Morgan fingerprint density at radius 2 is 2.25 bits per heavy atom. The Bertz CT molecular complexity index is 501. The molecule has 3 nitrogen and oxygen atoms in total. The second-order valence-electron chi connectivity index (χ2n) is 3.77. The summed E-state index contributed by atoms with van der Waals surface area (Å²) in [5, 5.41) is 6.74. The summed E-state index contributed by atoms with van der Waals surface area (Å²) < 4.78 is 0. The van der Waals surface area contributed by atoms with E-state index in [1.165, 1.54) is 5.56 Å². The largest absolute Gasteiger partial charge is 0.295 e. The number of hydrogen-bond acceptors (Lipinski definition) is 2. The number of H-pyrrole nitrogens is 1. The van der Waals surface area contributed by atoms with Gasteiger partial charge in [-0.1, -0.05) is 19.1 Å². The van der Waals surface area contributed by atoms with Gasteiger partial charge in [-0.3, -0.25) is 9.89 Å². The zero-order valence-electron chi connectivity index (χ0n) is 9.45. The van der Waals surface area contributed by atoms with Crippen molar-refractivity contribution in [2.75, 3.05) is 0 Å². The number of rotatable bonds is 3. The van der Waals surface area contributed by atoms with E-state index in [2.05, 4.69) is 17.1 Å². The standard InChI is InChI=1S/C13H14N2O/c1-3-10-6-11(9(2)16)4-5-13(10)12-7-14-15-8-12/h4-8H,3H2,1-2H3,(H,14,15). The number of carbonyl (C=O) groups is 1. The topological polar surface area (TPSA) is 45.8 Å². The van der Waals surface area contributed by atoms with Crippen LogP contribution in [0.4, 0.5) is 0 Å². The van der Waals surface area contributed by atoms with Gasteiger partial charge in [0.15, 0.2) is 5.78 Å². The van der Waals surface area contributed by atoms with Crippen LogP contribution in [-0.2, 0) is 6.42 Å². The molecule has 0 spiro atoms. The van der Waals surface area contributed by atoms with Gasteiger partial charge >= 0.3 is 0 Å². The van der Waals surface area contributed by atoms with Crippen molar-refractivity contribution in [3.63, 3.8) is 0 Å². The smallest absolute Gasteiger partial charge is 0.159 e. The summed E-state index contributed by atoms with van der Waals surface area (Å²) >= 11 is 0. The maximum Gasteiger partial charge on any atom is 0.159 e. The van der Waals surface area contributed by atoms with E-state index in [9.17, 15) is 4.79 Å². The van der Waals surface area contributed by atoms with Gasteiger partial charge in [-0.25, -0.2) is 0 Å². The second-order valence-corrected chi connectivity index (χ2v) is 3.77. The average molecular weight is 214 g/mol. The van der Waals surface area contributed by atoms with Crippen LogP contribution in [0.5, 0.6) is 0 Å². The highest BCUT2D eigenvalue weighted by Gasteiger charge is 2.07. The Labute approximate surface area is 94.5 Å². The molecule has 0 aliphatic carbocycles. The van der Waals surface area contributed by atoms with E-state index < -0.39 is 0 Å².